The van der Waals surface area contributed by atoms with Gasteiger partial charge in [-0.25, -0.2) is 0 Å². The van der Waals surface area contributed by atoms with E-state index in [0.717, 1.165) is 35.6 Å². The van der Waals surface area contributed by atoms with Gasteiger partial charge in [0.25, 0.3) is 0 Å². The molecule has 2 rings (SSSR count). The summed E-state index contributed by atoms with van der Waals surface area (Å²) in [5, 5.41) is 3.55. The Morgan fingerprint density at radius 2 is 1.79 bits per heavy atom. The normalized spacial score (nSPS) is 19.2. The van der Waals surface area contributed by atoms with E-state index in [1.54, 1.807) is 21.3 Å². The Kier molecular flexibility index (Phi) is 5.05. The highest BCUT2D eigenvalue weighted by Gasteiger charge is 2.23. The van der Waals surface area contributed by atoms with E-state index in [2.05, 4.69) is 5.32 Å². The molecule has 19 heavy (non-hydrogen) atoms. The number of piperidine rings is 1. The molecule has 1 fully saturated rings. The van der Waals surface area contributed by atoms with Gasteiger partial charge in [-0.05, 0) is 37.1 Å². The van der Waals surface area contributed by atoms with Gasteiger partial charge in [0.15, 0.2) is 0 Å². The van der Waals surface area contributed by atoms with Gasteiger partial charge >= 0.3 is 0 Å². The number of rotatable bonds is 5. The van der Waals surface area contributed by atoms with Gasteiger partial charge in [0.2, 0.25) is 0 Å². The number of hydrogen-bond donors (Lipinski definition) is 1. The molecule has 0 aromatic heterocycles. The van der Waals surface area contributed by atoms with E-state index >= 15 is 0 Å². The number of hydrogen-bond acceptors (Lipinski definition) is 4. The van der Waals surface area contributed by atoms with Crippen LogP contribution < -0.4 is 14.8 Å². The topological polar surface area (TPSA) is 39.7 Å². The van der Waals surface area contributed by atoms with Crippen molar-refractivity contribution in [3.8, 4) is 11.5 Å². The maximum atomic E-state index is 5.55. The Bertz CT molecular complexity index is 389. The summed E-state index contributed by atoms with van der Waals surface area (Å²) in [6.07, 6.45) is 3.60. The molecule has 0 amide bonds. The number of methoxy groups -OCH3 is 3. The molecule has 1 heterocycles. The largest absolute Gasteiger partial charge is 0.496 e. The number of nitrogens with one attached hydrogen (secondary N) is 1. The van der Waals surface area contributed by atoms with Crippen LogP contribution in [0.3, 0.4) is 0 Å². The van der Waals surface area contributed by atoms with E-state index in [-0.39, 0.29) is 0 Å². The number of ether oxygens (including phenoxy) is 3. The van der Waals surface area contributed by atoms with Crippen LogP contribution in [-0.2, 0) is 11.3 Å². The fourth-order valence-electron chi connectivity index (χ4n) is 2.68. The van der Waals surface area contributed by atoms with Gasteiger partial charge in [-0.3, -0.25) is 0 Å². The molecule has 1 N–H and O–H groups in total. The van der Waals surface area contributed by atoms with Crippen LogP contribution in [0.1, 0.15) is 36.4 Å². The minimum absolute atomic E-state index is 0.315. The molecule has 0 bridgehead atoms. The maximum absolute atomic E-state index is 5.55. The summed E-state index contributed by atoms with van der Waals surface area (Å²) in [5.41, 5.74) is 2.19. The van der Waals surface area contributed by atoms with E-state index in [1.165, 1.54) is 12.8 Å². The van der Waals surface area contributed by atoms with E-state index in [1.807, 2.05) is 12.1 Å². The molecule has 1 saturated heterocycles. The molecular weight excluding hydrogens is 242 g/mol. The van der Waals surface area contributed by atoms with E-state index in [0.29, 0.717) is 12.6 Å². The lowest BCUT2D eigenvalue weighted by atomic mass is 9.94. The first-order valence-electron chi connectivity index (χ1n) is 6.77. The fourth-order valence-corrected chi connectivity index (χ4v) is 2.68. The molecule has 0 spiro atoms. The van der Waals surface area contributed by atoms with Gasteiger partial charge in [-0.15, -0.1) is 0 Å². The first-order valence-corrected chi connectivity index (χ1v) is 6.77. The Labute approximate surface area is 115 Å². The van der Waals surface area contributed by atoms with Crippen molar-refractivity contribution in [1.29, 1.82) is 0 Å². The Morgan fingerprint density at radius 3 is 2.26 bits per heavy atom. The third-order valence-corrected chi connectivity index (χ3v) is 3.57. The van der Waals surface area contributed by atoms with Gasteiger partial charge in [0.05, 0.1) is 26.4 Å². The summed E-state index contributed by atoms with van der Waals surface area (Å²) in [4.78, 5) is 0. The molecule has 4 heteroatoms. The van der Waals surface area contributed by atoms with Crippen molar-refractivity contribution >= 4 is 0 Å². The second kappa shape index (κ2) is 6.78. The van der Waals surface area contributed by atoms with Crippen molar-refractivity contribution in [3.05, 3.63) is 23.3 Å². The third-order valence-electron chi connectivity index (χ3n) is 3.57. The highest BCUT2D eigenvalue weighted by Crippen LogP contribution is 2.38. The predicted octanol–water partition coefficient (Wildman–Crippen LogP) is 2.66. The SMILES string of the molecule is COCc1cc(OC)c(C2CCCCN2)c(OC)c1. The molecule has 1 aromatic carbocycles. The van der Waals surface area contributed by atoms with Gasteiger partial charge < -0.3 is 19.5 Å². The summed E-state index contributed by atoms with van der Waals surface area (Å²) in [6.45, 7) is 1.61. The van der Waals surface area contributed by atoms with Gasteiger partial charge in [-0.2, -0.15) is 0 Å². The molecule has 1 aliphatic heterocycles. The summed E-state index contributed by atoms with van der Waals surface area (Å²) in [7, 11) is 5.10. The zero-order valence-corrected chi connectivity index (χ0v) is 12.0. The molecule has 1 aliphatic rings. The molecule has 1 atom stereocenters. The molecule has 0 saturated carbocycles. The van der Waals surface area contributed by atoms with Crippen LogP contribution in [0.15, 0.2) is 12.1 Å². The van der Waals surface area contributed by atoms with Crippen LogP contribution in [0.25, 0.3) is 0 Å². The van der Waals surface area contributed by atoms with Crippen molar-refractivity contribution in [2.75, 3.05) is 27.9 Å². The molecule has 1 unspecified atom stereocenters. The van der Waals surface area contributed by atoms with Crippen LogP contribution in [0.4, 0.5) is 0 Å². The van der Waals surface area contributed by atoms with Gasteiger partial charge in [0.1, 0.15) is 11.5 Å². The lowest BCUT2D eigenvalue weighted by molar-refractivity contribution is 0.184. The highest BCUT2D eigenvalue weighted by atomic mass is 16.5. The molecule has 4 nitrogen and oxygen atoms in total. The average Bonchev–Trinajstić information content (AvgIpc) is 2.47. The summed E-state index contributed by atoms with van der Waals surface area (Å²) < 4.78 is 16.3. The van der Waals surface area contributed by atoms with Crippen LogP contribution >= 0.6 is 0 Å². The van der Waals surface area contributed by atoms with Crippen LogP contribution in [0.2, 0.25) is 0 Å². The highest BCUT2D eigenvalue weighted by molar-refractivity contribution is 5.50. The monoisotopic (exact) mass is 265 g/mol. The minimum atomic E-state index is 0.315. The number of benzene rings is 1. The van der Waals surface area contributed by atoms with Gasteiger partial charge in [0, 0.05) is 13.2 Å². The molecule has 0 radical (unpaired) electrons. The van der Waals surface area contributed by atoms with Crippen LogP contribution in [0, 0.1) is 0 Å². The Balaban J connectivity index is 2.38. The second-order valence-electron chi connectivity index (χ2n) is 4.85. The molecule has 1 aromatic rings. The quantitative estimate of drug-likeness (QED) is 0.888. The average molecular weight is 265 g/mol. The lowest BCUT2D eigenvalue weighted by Gasteiger charge is -2.27. The summed E-state index contributed by atoms with van der Waals surface area (Å²) >= 11 is 0. The molecular formula is C15H23NO3. The third kappa shape index (κ3) is 3.19. The zero-order chi connectivity index (χ0) is 13.7. The first-order chi connectivity index (χ1) is 9.30. The van der Waals surface area contributed by atoms with Crippen molar-refractivity contribution < 1.29 is 14.2 Å². The van der Waals surface area contributed by atoms with E-state index in [4.69, 9.17) is 14.2 Å². The maximum Gasteiger partial charge on any atom is 0.127 e. The fraction of sp³-hybridized carbons (Fsp3) is 0.600. The Morgan fingerprint density at radius 1 is 1.11 bits per heavy atom. The standard InChI is InChI=1S/C15H23NO3/c1-17-10-11-8-13(18-2)15(14(9-11)19-3)12-6-4-5-7-16-12/h8-9,12,16H,4-7,10H2,1-3H3. The minimum Gasteiger partial charge on any atom is -0.496 e. The van der Waals surface area contributed by atoms with Crippen molar-refractivity contribution in [2.24, 2.45) is 0 Å². The lowest BCUT2D eigenvalue weighted by Crippen LogP contribution is -2.27. The van der Waals surface area contributed by atoms with Crippen LogP contribution in [-0.4, -0.2) is 27.9 Å². The molecule has 106 valence electrons. The summed E-state index contributed by atoms with van der Waals surface area (Å²) in [6, 6.07) is 4.39. The van der Waals surface area contributed by atoms with E-state index < -0.39 is 0 Å². The molecule has 0 aliphatic carbocycles. The van der Waals surface area contributed by atoms with Crippen molar-refractivity contribution in [2.45, 2.75) is 31.9 Å². The van der Waals surface area contributed by atoms with E-state index in [9.17, 15) is 0 Å². The Hall–Kier alpha value is -1.26. The van der Waals surface area contributed by atoms with Crippen molar-refractivity contribution in [1.82, 2.24) is 5.32 Å². The van der Waals surface area contributed by atoms with Crippen molar-refractivity contribution in [3.63, 3.8) is 0 Å². The predicted molar refractivity (Wildman–Crippen MR) is 74.9 cm³/mol. The van der Waals surface area contributed by atoms with Gasteiger partial charge in [-0.1, -0.05) is 6.42 Å². The second-order valence-corrected chi connectivity index (χ2v) is 4.85. The summed E-state index contributed by atoms with van der Waals surface area (Å²) in [5.74, 6) is 1.76. The van der Waals surface area contributed by atoms with Crippen LogP contribution in [0.5, 0.6) is 11.5 Å². The smallest absolute Gasteiger partial charge is 0.127 e. The first kappa shape index (κ1) is 14.2. The zero-order valence-electron chi connectivity index (χ0n) is 12.0.